The van der Waals surface area contributed by atoms with E-state index in [2.05, 4.69) is 19.2 Å². The lowest BCUT2D eigenvalue weighted by atomic mass is 9.90. The van der Waals surface area contributed by atoms with Crippen LogP contribution in [-0.2, 0) is 4.79 Å². The summed E-state index contributed by atoms with van der Waals surface area (Å²) in [6.45, 7) is 6.21. The van der Waals surface area contributed by atoms with Crippen LogP contribution in [0.3, 0.4) is 0 Å². The van der Waals surface area contributed by atoms with Crippen LogP contribution in [-0.4, -0.2) is 18.9 Å². The van der Waals surface area contributed by atoms with E-state index >= 15 is 0 Å². The molecule has 0 bridgehead atoms. The highest BCUT2D eigenvalue weighted by molar-refractivity contribution is 5.81. The SMILES string of the molecule is CC(C)CC(=O)[C@H]1CCCNC1. The Bertz CT molecular complexity index is 148. The molecule has 0 aromatic carbocycles. The van der Waals surface area contributed by atoms with Crippen LogP contribution in [0, 0.1) is 11.8 Å². The van der Waals surface area contributed by atoms with E-state index in [0.717, 1.165) is 32.4 Å². The molecule has 1 atom stereocenters. The van der Waals surface area contributed by atoms with Crippen molar-refractivity contribution in [2.45, 2.75) is 33.1 Å². The molecule has 1 heterocycles. The molecule has 70 valence electrons. The summed E-state index contributed by atoms with van der Waals surface area (Å²) < 4.78 is 0. The maximum Gasteiger partial charge on any atom is 0.137 e. The fraction of sp³-hybridized carbons (Fsp3) is 0.900. The van der Waals surface area contributed by atoms with E-state index in [-0.39, 0.29) is 0 Å². The van der Waals surface area contributed by atoms with E-state index in [9.17, 15) is 4.79 Å². The number of carbonyl (C=O) groups excluding carboxylic acids is 1. The topological polar surface area (TPSA) is 29.1 Å². The molecule has 0 aliphatic carbocycles. The van der Waals surface area contributed by atoms with Crippen LogP contribution >= 0.6 is 0 Å². The van der Waals surface area contributed by atoms with Gasteiger partial charge in [0.2, 0.25) is 0 Å². The first-order valence-corrected chi connectivity index (χ1v) is 4.93. The maximum absolute atomic E-state index is 11.6. The molecule has 1 rings (SSSR count). The van der Waals surface area contributed by atoms with Crippen molar-refractivity contribution in [1.82, 2.24) is 5.32 Å². The van der Waals surface area contributed by atoms with Gasteiger partial charge in [0.05, 0.1) is 0 Å². The Morgan fingerprint density at radius 1 is 1.58 bits per heavy atom. The van der Waals surface area contributed by atoms with Gasteiger partial charge in [-0.2, -0.15) is 0 Å². The zero-order chi connectivity index (χ0) is 8.97. The summed E-state index contributed by atoms with van der Waals surface area (Å²) in [5, 5.41) is 3.27. The number of ketones is 1. The van der Waals surface area contributed by atoms with Gasteiger partial charge >= 0.3 is 0 Å². The molecule has 0 spiro atoms. The van der Waals surface area contributed by atoms with E-state index in [0.29, 0.717) is 17.6 Å². The molecule has 12 heavy (non-hydrogen) atoms. The molecule has 1 saturated heterocycles. The molecule has 2 heteroatoms. The molecular weight excluding hydrogens is 150 g/mol. The normalized spacial score (nSPS) is 24.4. The second-order valence-corrected chi connectivity index (χ2v) is 4.11. The van der Waals surface area contributed by atoms with Crippen LogP contribution in [0.15, 0.2) is 0 Å². The van der Waals surface area contributed by atoms with E-state index < -0.39 is 0 Å². The van der Waals surface area contributed by atoms with Gasteiger partial charge in [-0.3, -0.25) is 4.79 Å². The van der Waals surface area contributed by atoms with Crippen molar-refractivity contribution in [2.24, 2.45) is 11.8 Å². The van der Waals surface area contributed by atoms with Gasteiger partial charge < -0.3 is 5.32 Å². The lowest BCUT2D eigenvalue weighted by Crippen LogP contribution is -2.34. The third-order valence-electron chi connectivity index (χ3n) is 2.36. The molecule has 0 saturated carbocycles. The first-order valence-electron chi connectivity index (χ1n) is 4.93. The Labute approximate surface area is 74.7 Å². The number of rotatable bonds is 3. The minimum Gasteiger partial charge on any atom is -0.316 e. The lowest BCUT2D eigenvalue weighted by Gasteiger charge is -2.22. The van der Waals surface area contributed by atoms with Crippen LogP contribution in [0.2, 0.25) is 0 Å². The number of piperidine rings is 1. The highest BCUT2D eigenvalue weighted by atomic mass is 16.1. The molecule has 0 radical (unpaired) electrons. The summed E-state index contributed by atoms with van der Waals surface area (Å²) in [5.41, 5.74) is 0. The summed E-state index contributed by atoms with van der Waals surface area (Å²) in [6.07, 6.45) is 3.01. The summed E-state index contributed by atoms with van der Waals surface area (Å²) in [7, 11) is 0. The van der Waals surface area contributed by atoms with Crippen LogP contribution in [0.1, 0.15) is 33.1 Å². The van der Waals surface area contributed by atoms with Crippen molar-refractivity contribution in [3.63, 3.8) is 0 Å². The third kappa shape index (κ3) is 2.94. The lowest BCUT2D eigenvalue weighted by molar-refractivity contribution is -0.124. The Morgan fingerprint density at radius 3 is 2.83 bits per heavy atom. The molecule has 1 aliphatic heterocycles. The van der Waals surface area contributed by atoms with Gasteiger partial charge in [-0.05, 0) is 25.3 Å². The number of carbonyl (C=O) groups is 1. The molecule has 1 aliphatic rings. The van der Waals surface area contributed by atoms with E-state index in [4.69, 9.17) is 0 Å². The maximum atomic E-state index is 11.6. The van der Waals surface area contributed by atoms with Crippen molar-refractivity contribution >= 4 is 5.78 Å². The van der Waals surface area contributed by atoms with Crippen LogP contribution in [0.5, 0.6) is 0 Å². The summed E-state index contributed by atoms with van der Waals surface area (Å²) in [5.74, 6) is 1.28. The van der Waals surface area contributed by atoms with Gasteiger partial charge in [-0.15, -0.1) is 0 Å². The highest BCUT2D eigenvalue weighted by Gasteiger charge is 2.20. The van der Waals surface area contributed by atoms with Crippen LogP contribution in [0.4, 0.5) is 0 Å². The fourth-order valence-electron chi connectivity index (χ4n) is 1.70. The molecule has 0 aromatic rings. The smallest absolute Gasteiger partial charge is 0.137 e. The zero-order valence-corrected chi connectivity index (χ0v) is 8.10. The molecule has 0 aromatic heterocycles. The minimum atomic E-state index is 0.307. The fourth-order valence-corrected chi connectivity index (χ4v) is 1.70. The Hall–Kier alpha value is -0.370. The third-order valence-corrected chi connectivity index (χ3v) is 2.36. The number of nitrogens with one attached hydrogen (secondary N) is 1. The Kier molecular flexibility index (Phi) is 3.73. The number of Topliss-reactive ketones (excluding diaryl/α,β-unsaturated/α-hetero) is 1. The predicted molar refractivity (Wildman–Crippen MR) is 50.1 cm³/mol. The molecule has 0 amide bonds. The van der Waals surface area contributed by atoms with Gasteiger partial charge in [-0.1, -0.05) is 13.8 Å². The first-order chi connectivity index (χ1) is 5.70. The van der Waals surface area contributed by atoms with Crippen molar-refractivity contribution in [2.75, 3.05) is 13.1 Å². The second kappa shape index (κ2) is 4.61. The average Bonchev–Trinajstić information content (AvgIpc) is 2.05. The van der Waals surface area contributed by atoms with Crippen molar-refractivity contribution in [1.29, 1.82) is 0 Å². The van der Waals surface area contributed by atoms with Crippen molar-refractivity contribution in [3.8, 4) is 0 Å². The Balaban J connectivity index is 2.30. The van der Waals surface area contributed by atoms with Crippen molar-refractivity contribution < 1.29 is 4.79 Å². The van der Waals surface area contributed by atoms with Gasteiger partial charge in [0.1, 0.15) is 5.78 Å². The predicted octanol–water partition coefficient (Wildman–Crippen LogP) is 1.60. The van der Waals surface area contributed by atoms with Gasteiger partial charge in [0.25, 0.3) is 0 Å². The largest absolute Gasteiger partial charge is 0.316 e. The van der Waals surface area contributed by atoms with E-state index in [1.165, 1.54) is 0 Å². The molecule has 2 nitrogen and oxygen atoms in total. The van der Waals surface area contributed by atoms with Crippen LogP contribution in [0.25, 0.3) is 0 Å². The van der Waals surface area contributed by atoms with E-state index in [1.54, 1.807) is 0 Å². The monoisotopic (exact) mass is 169 g/mol. The second-order valence-electron chi connectivity index (χ2n) is 4.11. The van der Waals surface area contributed by atoms with Gasteiger partial charge in [0, 0.05) is 18.9 Å². The summed E-state index contributed by atoms with van der Waals surface area (Å²) in [4.78, 5) is 11.6. The average molecular weight is 169 g/mol. The standard InChI is InChI=1S/C10H19NO/c1-8(2)6-10(12)9-4-3-5-11-7-9/h8-9,11H,3-7H2,1-2H3/t9-/m0/s1. The van der Waals surface area contributed by atoms with Gasteiger partial charge in [0.15, 0.2) is 0 Å². The Morgan fingerprint density at radius 2 is 2.33 bits per heavy atom. The molecule has 0 unspecified atom stereocenters. The summed E-state index contributed by atoms with van der Waals surface area (Å²) in [6, 6.07) is 0. The highest BCUT2D eigenvalue weighted by Crippen LogP contribution is 2.15. The molecular formula is C10H19NO. The number of hydrogen-bond acceptors (Lipinski definition) is 2. The first kappa shape index (κ1) is 9.72. The molecule has 1 fully saturated rings. The van der Waals surface area contributed by atoms with E-state index in [1.807, 2.05) is 0 Å². The summed E-state index contributed by atoms with van der Waals surface area (Å²) >= 11 is 0. The van der Waals surface area contributed by atoms with Gasteiger partial charge in [-0.25, -0.2) is 0 Å². The molecule has 1 N–H and O–H groups in total. The van der Waals surface area contributed by atoms with Crippen molar-refractivity contribution in [3.05, 3.63) is 0 Å². The zero-order valence-electron chi connectivity index (χ0n) is 8.10. The number of hydrogen-bond donors (Lipinski definition) is 1. The quantitative estimate of drug-likeness (QED) is 0.695. The minimum absolute atomic E-state index is 0.307. The van der Waals surface area contributed by atoms with Crippen LogP contribution < -0.4 is 5.32 Å².